The number of nitrogens with one attached hydrogen (secondary N) is 1. The highest BCUT2D eigenvalue weighted by Gasteiger charge is 2.25. The van der Waals surface area contributed by atoms with Crippen LogP contribution in [0.25, 0.3) is 11.1 Å². The van der Waals surface area contributed by atoms with Crippen LogP contribution in [0.4, 0.5) is 0 Å². The van der Waals surface area contributed by atoms with Crippen molar-refractivity contribution in [3.8, 4) is 16.9 Å². The summed E-state index contributed by atoms with van der Waals surface area (Å²) in [5.74, 6) is 0.680. The zero-order valence-electron chi connectivity index (χ0n) is 18.0. The van der Waals surface area contributed by atoms with Crippen LogP contribution in [0.15, 0.2) is 79.1 Å². The van der Waals surface area contributed by atoms with Crippen molar-refractivity contribution in [1.29, 1.82) is 0 Å². The summed E-state index contributed by atoms with van der Waals surface area (Å²) in [5, 5.41) is 0. The van der Waals surface area contributed by atoms with E-state index in [-0.39, 0.29) is 5.91 Å². The molecule has 1 N–H and O–H groups in total. The number of aromatic nitrogens is 2. The van der Waals surface area contributed by atoms with E-state index < -0.39 is 0 Å². The Hall–Kier alpha value is -3.86. The maximum Gasteiger partial charge on any atom is 0.258 e. The van der Waals surface area contributed by atoms with Crippen molar-refractivity contribution < 1.29 is 9.53 Å². The van der Waals surface area contributed by atoms with E-state index in [1.54, 1.807) is 6.33 Å². The molecule has 1 aromatic heterocycles. The van der Waals surface area contributed by atoms with E-state index in [1.807, 2.05) is 48.2 Å². The fourth-order valence-corrected chi connectivity index (χ4v) is 4.13. The lowest BCUT2D eigenvalue weighted by atomic mass is 10.0. The number of benzene rings is 3. The number of aryl methyl sites for hydroxylation is 1. The lowest BCUT2D eigenvalue weighted by Crippen LogP contribution is -2.31. The van der Waals surface area contributed by atoms with E-state index in [2.05, 4.69) is 46.4 Å². The second kappa shape index (κ2) is 8.71. The van der Waals surface area contributed by atoms with Crippen LogP contribution in [0.1, 0.15) is 32.9 Å². The molecular formula is C27H25N3O2. The Morgan fingerprint density at radius 1 is 0.969 bits per heavy atom. The first-order valence-electron chi connectivity index (χ1n) is 10.9. The summed E-state index contributed by atoms with van der Waals surface area (Å²) in [6, 6.07) is 24.5. The molecule has 5 heteroatoms. The minimum Gasteiger partial charge on any atom is -0.492 e. The fraction of sp³-hybridized carbons (Fsp3) is 0.185. The molecule has 0 saturated carbocycles. The van der Waals surface area contributed by atoms with Crippen LogP contribution in [0.3, 0.4) is 0 Å². The topological polar surface area (TPSA) is 58.2 Å². The van der Waals surface area contributed by atoms with Crippen LogP contribution >= 0.6 is 0 Å². The second-order valence-corrected chi connectivity index (χ2v) is 8.09. The zero-order valence-corrected chi connectivity index (χ0v) is 18.0. The predicted octanol–water partition coefficient (Wildman–Crippen LogP) is 5.16. The molecule has 0 atom stereocenters. The molecule has 5 rings (SSSR count). The average Bonchev–Trinajstić information content (AvgIpc) is 3.48. The van der Waals surface area contributed by atoms with E-state index in [0.29, 0.717) is 25.3 Å². The quantitative estimate of drug-likeness (QED) is 0.466. The van der Waals surface area contributed by atoms with Gasteiger partial charge in [0, 0.05) is 18.7 Å². The van der Waals surface area contributed by atoms with Crippen LogP contribution in [-0.4, -0.2) is 27.4 Å². The number of imidazole rings is 1. The largest absolute Gasteiger partial charge is 0.492 e. The highest BCUT2D eigenvalue weighted by molar-refractivity contribution is 5.97. The van der Waals surface area contributed by atoms with Gasteiger partial charge in [-0.2, -0.15) is 0 Å². The monoisotopic (exact) mass is 423 g/mol. The summed E-state index contributed by atoms with van der Waals surface area (Å²) in [6.07, 6.45) is 2.52. The summed E-state index contributed by atoms with van der Waals surface area (Å²) in [4.78, 5) is 23.0. The number of hydrogen-bond acceptors (Lipinski definition) is 3. The Morgan fingerprint density at radius 2 is 1.75 bits per heavy atom. The Kier molecular flexibility index (Phi) is 5.46. The Labute approximate surface area is 187 Å². The van der Waals surface area contributed by atoms with Crippen molar-refractivity contribution in [2.24, 2.45) is 0 Å². The van der Waals surface area contributed by atoms with E-state index in [4.69, 9.17) is 4.74 Å². The van der Waals surface area contributed by atoms with Crippen LogP contribution in [0, 0.1) is 6.92 Å². The van der Waals surface area contributed by atoms with Crippen LogP contribution < -0.4 is 4.74 Å². The molecule has 0 spiro atoms. The number of hydrogen-bond donors (Lipinski definition) is 1. The van der Waals surface area contributed by atoms with Gasteiger partial charge in [-0.05, 0) is 35.2 Å². The second-order valence-electron chi connectivity index (χ2n) is 8.09. The van der Waals surface area contributed by atoms with Gasteiger partial charge in [0.05, 0.1) is 30.7 Å². The molecule has 2 heterocycles. The summed E-state index contributed by atoms with van der Waals surface area (Å²) in [5.41, 5.74) is 6.96. The number of H-pyrrole nitrogens is 1. The minimum absolute atomic E-state index is 0.0433. The summed E-state index contributed by atoms with van der Waals surface area (Å²) in [6.45, 7) is 3.52. The number of fused-ring (bicyclic) bond motifs is 1. The van der Waals surface area contributed by atoms with E-state index in [1.165, 1.54) is 5.56 Å². The molecule has 4 aromatic rings. The molecule has 0 saturated heterocycles. The number of carbonyl (C=O) groups is 1. The first kappa shape index (κ1) is 20.1. The molecule has 3 aromatic carbocycles. The number of aromatic amines is 1. The van der Waals surface area contributed by atoms with Gasteiger partial charge >= 0.3 is 0 Å². The predicted molar refractivity (Wildman–Crippen MR) is 124 cm³/mol. The zero-order chi connectivity index (χ0) is 21.9. The van der Waals surface area contributed by atoms with E-state index in [0.717, 1.165) is 40.2 Å². The number of ether oxygens (including phenoxy) is 1. The SMILES string of the molecule is Cc1[nH]cnc1CN(Cc1ccc(-c2ccccc2)cc1)C(=O)c1cccc2c1OCC2. The van der Waals surface area contributed by atoms with Gasteiger partial charge in [0.25, 0.3) is 5.91 Å². The van der Waals surface area contributed by atoms with Crippen molar-refractivity contribution in [3.05, 3.63) is 107 Å². The van der Waals surface area contributed by atoms with Crippen LogP contribution in [0.5, 0.6) is 5.75 Å². The highest BCUT2D eigenvalue weighted by Crippen LogP contribution is 2.31. The third-order valence-electron chi connectivity index (χ3n) is 5.94. The molecule has 0 bridgehead atoms. The maximum atomic E-state index is 13.6. The summed E-state index contributed by atoms with van der Waals surface area (Å²) < 4.78 is 5.81. The lowest BCUT2D eigenvalue weighted by molar-refractivity contribution is 0.0724. The van der Waals surface area contributed by atoms with E-state index in [9.17, 15) is 4.79 Å². The van der Waals surface area contributed by atoms with Gasteiger partial charge < -0.3 is 14.6 Å². The average molecular weight is 424 g/mol. The molecule has 0 radical (unpaired) electrons. The fourth-order valence-electron chi connectivity index (χ4n) is 4.13. The van der Waals surface area contributed by atoms with Gasteiger partial charge in [-0.3, -0.25) is 4.79 Å². The van der Waals surface area contributed by atoms with Gasteiger partial charge in [-0.1, -0.05) is 66.7 Å². The number of nitrogens with zero attached hydrogens (tertiary/aromatic N) is 2. The molecular weight excluding hydrogens is 398 g/mol. The first-order valence-corrected chi connectivity index (χ1v) is 10.9. The molecule has 0 unspecified atom stereocenters. The molecule has 160 valence electrons. The smallest absolute Gasteiger partial charge is 0.258 e. The molecule has 0 aliphatic carbocycles. The van der Waals surface area contributed by atoms with Gasteiger partial charge in [-0.25, -0.2) is 4.98 Å². The third kappa shape index (κ3) is 4.02. The number of carbonyl (C=O) groups excluding carboxylic acids is 1. The van der Waals surface area contributed by atoms with Gasteiger partial charge in [0.15, 0.2) is 0 Å². The molecule has 1 aliphatic heterocycles. The van der Waals surface area contributed by atoms with Gasteiger partial charge in [-0.15, -0.1) is 0 Å². The highest BCUT2D eigenvalue weighted by atomic mass is 16.5. The van der Waals surface area contributed by atoms with Crippen LogP contribution in [0.2, 0.25) is 0 Å². The normalized spacial score (nSPS) is 12.3. The van der Waals surface area contributed by atoms with Gasteiger partial charge in [0.2, 0.25) is 0 Å². The lowest BCUT2D eigenvalue weighted by Gasteiger charge is -2.23. The molecule has 1 aliphatic rings. The van der Waals surface area contributed by atoms with Gasteiger partial charge in [0.1, 0.15) is 5.75 Å². The first-order chi connectivity index (χ1) is 15.7. The molecule has 5 nitrogen and oxygen atoms in total. The minimum atomic E-state index is -0.0433. The van der Waals surface area contributed by atoms with Crippen molar-refractivity contribution in [2.75, 3.05) is 6.61 Å². The van der Waals surface area contributed by atoms with Crippen LogP contribution in [-0.2, 0) is 19.5 Å². The van der Waals surface area contributed by atoms with Crippen molar-refractivity contribution >= 4 is 5.91 Å². The summed E-state index contributed by atoms with van der Waals surface area (Å²) in [7, 11) is 0. The number of amides is 1. The number of rotatable bonds is 6. The standard InChI is InChI=1S/C27H25N3O2/c1-19-25(29-18-28-19)17-30(27(31)24-9-5-8-23-14-15-32-26(23)24)16-20-10-12-22(13-11-20)21-6-3-2-4-7-21/h2-13,18H,14-17H2,1H3,(H,28,29). The molecule has 0 fully saturated rings. The maximum absolute atomic E-state index is 13.6. The molecule has 32 heavy (non-hydrogen) atoms. The van der Waals surface area contributed by atoms with E-state index >= 15 is 0 Å². The molecule has 1 amide bonds. The van der Waals surface area contributed by atoms with Crippen molar-refractivity contribution in [1.82, 2.24) is 14.9 Å². The summed E-state index contributed by atoms with van der Waals surface area (Å²) >= 11 is 0. The Morgan fingerprint density at radius 3 is 2.50 bits per heavy atom. The van der Waals surface area contributed by atoms with Crippen molar-refractivity contribution in [2.45, 2.75) is 26.4 Å². The Bertz CT molecular complexity index is 1230. The third-order valence-corrected chi connectivity index (χ3v) is 5.94. The van der Waals surface area contributed by atoms with Crippen molar-refractivity contribution in [3.63, 3.8) is 0 Å². The Balaban J connectivity index is 1.43. The number of para-hydroxylation sites is 1.